The van der Waals surface area contributed by atoms with Crippen LogP contribution < -0.4 is 5.73 Å². The predicted octanol–water partition coefficient (Wildman–Crippen LogP) is -3.94. The normalized spacial score (nSPS) is 52.2. The molecule has 78 valence electrons. The zero-order valence-electron chi connectivity index (χ0n) is 6.74. The number of ether oxygens (including phenoxy) is 1. The van der Waals surface area contributed by atoms with Gasteiger partial charge in [-0.1, -0.05) is 0 Å². The lowest BCUT2D eigenvalue weighted by Gasteiger charge is -2.44. The Hall–Kier alpha value is -0.280. The Kier molecular flexibility index (Phi) is 2.88. The Balaban J connectivity index is 2.82. The number of rotatable bonds is 1. The molecular weight excluding hydrogens is 182 g/mol. The average Bonchev–Trinajstić information content (AvgIpc) is 2.08. The summed E-state index contributed by atoms with van der Waals surface area (Å²) in [4.78, 5) is 0. The van der Waals surface area contributed by atoms with Gasteiger partial charge in [-0.05, 0) is 0 Å². The Labute approximate surface area is 74.0 Å². The second-order valence-corrected chi connectivity index (χ2v) is 3.02. The molecule has 7 heteroatoms. The molecule has 1 aliphatic rings. The highest BCUT2D eigenvalue weighted by molar-refractivity contribution is 4.97. The van der Waals surface area contributed by atoms with Crippen molar-refractivity contribution in [2.45, 2.75) is 30.3 Å². The minimum atomic E-state index is -2.27. The zero-order valence-corrected chi connectivity index (χ0v) is 6.74. The van der Waals surface area contributed by atoms with E-state index < -0.39 is 36.9 Å². The minimum Gasteiger partial charge on any atom is -0.393 e. The maximum atomic E-state index is 9.36. The molecule has 0 radical (unpaired) electrons. The highest BCUT2D eigenvalue weighted by Gasteiger charge is 2.51. The molecule has 1 aliphatic heterocycles. The molecular formula is C6H13NO6. The van der Waals surface area contributed by atoms with Crippen LogP contribution in [-0.2, 0) is 4.74 Å². The smallest absolute Gasteiger partial charge is 0.184 e. The summed E-state index contributed by atoms with van der Waals surface area (Å²) in [6, 6.07) is 0. The van der Waals surface area contributed by atoms with E-state index in [1.165, 1.54) is 0 Å². The van der Waals surface area contributed by atoms with Crippen LogP contribution in [0.4, 0.5) is 0 Å². The second kappa shape index (κ2) is 3.46. The first kappa shape index (κ1) is 10.8. The van der Waals surface area contributed by atoms with Gasteiger partial charge in [0.1, 0.15) is 18.3 Å². The molecule has 0 amide bonds. The van der Waals surface area contributed by atoms with Gasteiger partial charge in [-0.25, -0.2) is 0 Å². The monoisotopic (exact) mass is 195 g/mol. The van der Waals surface area contributed by atoms with Gasteiger partial charge in [0.25, 0.3) is 0 Å². The molecule has 0 spiro atoms. The van der Waals surface area contributed by atoms with Crippen LogP contribution in [0.2, 0.25) is 0 Å². The predicted molar refractivity (Wildman–Crippen MR) is 39.1 cm³/mol. The third-order valence-corrected chi connectivity index (χ3v) is 2.07. The third-order valence-electron chi connectivity index (χ3n) is 2.07. The van der Waals surface area contributed by atoms with Crippen LogP contribution in [0.5, 0.6) is 0 Å². The van der Waals surface area contributed by atoms with Gasteiger partial charge in [-0.15, -0.1) is 0 Å². The molecule has 7 nitrogen and oxygen atoms in total. The quantitative estimate of drug-likeness (QED) is 0.235. The summed E-state index contributed by atoms with van der Waals surface area (Å²) in [7, 11) is 0. The molecule has 1 rings (SSSR count). The van der Waals surface area contributed by atoms with Crippen molar-refractivity contribution in [3.05, 3.63) is 0 Å². The van der Waals surface area contributed by atoms with Gasteiger partial charge in [-0.3, -0.25) is 5.73 Å². The Morgan fingerprint density at radius 1 is 1.31 bits per heavy atom. The maximum absolute atomic E-state index is 9.36. The lowest BCUT2D eigenvalue weighted by atomic mass is 9.93. The summed E-state index contributed by atoms with van der Waals surface area (Å²) < 4.78 is 4.55. The minimum absolute atomic E-state index is 0.673. The largest absolute Gasteiger partial charge is 0.393 e. The average molecular weight is 195 g/mol. The SMILES string of the molecule is NC1(O)C(CO)O[C@@H](O)C(O)C1O. The van der Waals surface area contributed by atoms with E-state index in [0.29, 0.717) is 0 Å². The van der Waals surface area contributed by atoms with Crippen LogP contribution in [0.15, 0.2) is 0 Å². The molecule has 13 heavy (non-hydrogen) atoms. The van der Waals surface area contributed by atoms with Gasteiger partial charge in [0, 0.05) is 0 Å². The first-order valence-electron chi connectivity index (χ1n) is 3.73. The van der Waals surface area contributed by atoms with Crippen LogP contribution >= 0.6 is 0 Å². The van der Waals surface area contributed by atoms with E-state index in [1.54, 1.807) is 0 Å². The van der Waals surface area contributed by atoms with Crippen molar-refractivity contribution >= 4 is 0 Å². The molecule has 7 N–H and O–H groups in total. The van der Waals surface area contributed by atoms with E-state index in [-0.39, 0.29) is 0 Å². The maximum Gasteiger partial charge on any atom is 0.184 e. The molecule has 1 heterocycles. The van der Waals surface area contributed by atoms with E-state index in [0.717, 1.165) is 0 Å². The van der Waals surface area contributed by atoms with Gasteiger partial charge in [0.05, 0.1) is 6.61 Å². The summed E-state index contributed by atoms with van der Waals surface area (Å²) in [5.74, 6) is 0. The molecule has 0 aromatic heterocycles. The molecule has 0 saturated carbocycles. The molecule has 0 bridgehead atoms. The Morgan fingerprint density at radius 2 is 1.85 bits per heavy atom. The van der Waals surface area contributed by atoms with Crippen LogP contribution in [0.25, 0.3) is 0 Å². The van der Waals surface area contributed by atoms with Crippen molar-refractivity contribution in [1.29, 1.82) is 0 Å². The van der Waals surface area contributed by atoms with Crippen molar-refractivity contribution in [1.82, 2.24) is 0 Å². The summed E-state index contributed by atoms with van der Waals surface area (Å²) in [6.07, 6.45) is -6.47. The van der Waals surface area contributed by atoms with Gasteiger partial charge in [-0.2, -0.15) is 0 Å². The topological polar surface area (TPSA) is 136 Å². The Morgan fingerprint density at radius 3 is 2.31 bits per heavy atom. The lowest BCUT2D eigenvalue weighted by molar-refractivity contribution is -0.319. The Bertz CT molecular complexity index is 182. The van der Waals surface area contributed by atoms with E-state index in [9.17, 15) is 10.2 Å². The summed E-state index contributed by atoms with van der Waals surface area (Å²) in [5.41, 5.74) is 2.91. The van der Waals surface area contributed by atoms with Gasteiger partial charge in [0.2, 0.25) is 0 Å². The fourth-order valence-electron chi connectivity index (χ4n) is 1.17. The van der Waals surface area contributed by atoms with E-state index >= 15 is 0 Å². The van der Waals surface area contributed by atoms with E-state index in [1.807, 2.05) is 0 Å². The highest BCUT2D eigenvalue weighted by atomic mass is 16.6. The van der Waals surface area contributed by atoms with Gasteiger partial charge in [0.15, 0.2) is 12.0 Å². The van der Waals surface area contributed by atoms with Gasteiger partial charge >= 0.3 is 0 Å². The summed E-state index contributed by atoms with van der Waals surface area (Å²) in [6.45, 7) is -0.673. The first-order valence-corrected chi connectivity index (χ1v) is 3.73. The fourth-order valence-corrected chi connectivity index (χ4v) is 1.17. The van der Waals surface area contributed by atoms with Crippen molar-refractivity contribution in [2.75, 3.05) is 6.61 Å². The summed E-state index contributed by atoms with van der Waals surface area (Å²) in [5, 5.41) is 45.3. The number of hydrogen-bond donors (Lipinski definition) is 6. The van der Waals surface area contributed by atoms with Crippen molar-refractivity contribution in [2.24, 2.45) is 5.73 Å². The molecule has 4 unspecified atom stereocenters. The van der Waals surface area contributed by atoms with Crippen molar-refractivity contribution in [3.63, 3.8) is 0 Å². The third kappa shape index (κ3) is 1.67. The molecule has 0 aliphatic carbocycles. The fraction of sp³-hybridized carbons (Fsp3) is 1.00. The first-order chi connectivity index (χ1) is 5.91. The lowest BCUT2D eigenvalue weighted by Crippen LogP contribution is -2.71. The number of aliphatic hydroxyl groups excluding tert-OH is 4. The van der Waals surface area contributed by atoms with Crippen molar-refractivity contribution < 1.29 is 30.3 Å². The molecule has 1 saturated heterocycles. The number of hydrogen-bond acceptors (Lipinski definition) is 7. The molecule has 0 aromatic rings. The number of nitrogens with two attached hydrogens (primary N) is 1. The zero-order chi connectivity index (χ0) is 10.2. The standard InChI is InChI=1S/C6H13NO6/c7-6(12)2(1-8)13-5(11)3(9)4(6)10/h2-5,8-12H,1,7H2/t2?,3?,4?,5-,6?/m1/s1. The van der Waals surface area contributed by atoms with Crippen molar-refractivity contribution in [3.8, 4) is 0 Å². The molecule has 5 atom stereocenters. The van der Waals surface area contributed by atoms with Gasteiger partial charge < -0.3 is 30.3 Å². The highest BCUT2D eigenvalue weighted by Crippen LogP contribution is 2.24. The van der Waals surface area contributed by atoms with E-state index in [4.69, 9.17) is 21.1 Å². The molecule has 1 fully saturated rings. The van der Waals surface area contributed by atoms with Crippen LogP contribution in [0, 0.1) is 0 Å². The van der Waals surface area contributed by atoms with E-state index in [2.05, 4.69) is 4.74 Å². The van der Waals surface area contributed by atoms with Crippen LogP contribution in [-0.4, -0.2) is 62.5 Å². The number of aliphatic hydroxyl groups is 5. The second-order valence-electron chi connectivity index (χ2n) is 3.02. The molecule has 0 aromatic carbocycles. The van der Waals surface area contributed by atoms with Crippen LogP contribution in [0.3, 0.4) is 0 Å². The van der Waals surface area contributed by atoms with Crippen LogP contribution in [0.1, 0.15) is 0 Å². The summed E-state index contributed by atoms with van der Waals surface area (Å²) >= 11 is 0.